The van der Waals surface area contributed by atoms with Crippen molar-refractivity contribution in [1.29, 1.82) is 0 Å². The molecule has 0 fully saturated rings. The van der Waals surface area contributed by atoms with E-state index in [0.717, 1.165) is 26.9 Å². The topological polar surface area (TPSA) is 20.3 Å². The van der Waals surface area contributed by atoms with E-state index in [-0.39, 0.29) is 5.78 Å². The van der Waals surface area contributed by atoms with Gasteiger partial charge in [-0.05, 0) is 46.1 Å². The van der Waals surface area contributed by atoms with Crippen LogP contribution in [0.4, 0.5) is 0 Å². The average Bonchev–Trinajstić information content (AvgIpc) is 2.82. The molecule has 1 heterocycles. The first-order chi connectivity index (χ1) is 9.56. The number of hydrogen-bond donors (Lipinski definition) is 0. The van der Waals surface area contributed by atoms with Gasteiger partial charge in [-0.15, -0.1) is 11.3 Å². The molecule has 0 radical (unpaired) electrons. The first-order valence-corrected chi connectivity index (χ1v) is 8.72. The maximum absolute atomic E-state index is 12.2. The van der Waals surface area contributed by atoms with Gasteiger partial charge in [0.1, 0.15) is 0 Å². The SMILES string of the molecule is CN(CCC(=O)c1ccccc1Br)Cc1csc(Br)c1. The van der Waals surface area contributed by atoms with E-state index in [1.54, 1.807) is 11.3 Å². The maximum Gasteiger partial charge on any atom is 0.165 e. The molecule has 0 saturated carbocycles. The van der Waals surface area contributed by atoms with Gasteiger partial charge in [0.05, 0.1) is 3.79 Å². The third-order valence-electron chi connectivity index (χ3n) is 2.97. The number of halogens is 2. The first kappa shape index (κ1) is 15.9. The molecule has 2 rings (SSSR count). The van der Waals surface area contributed by atoms with Crippen molar-refractivity contribution in [3.05, 3.63) is 55.1 Å². The lowest BCUT2D eigenvalue weighted by atomic mass is 10.1. The Kier molecular flexibility index (Phi) is 5.96. The van der Waals surface area contributed by atoms with E-state index in [2.05, 4.69) is 48.2 Å². The highest BCUT2D eigenvalue weighted by Crippen LogP contribution is 2.22. The van der Waals surface area contributed by atoms with E-state index in [1.807, 2.05) is 31.3 Å². The molecule has 106 valence electrons. The second kappa shape index (κ2) is 7.50. The summed E-state index contributed by atoms with van der Waals surface area (Å²) in [6, 6.07) is 9.70. The lowest BCUT2D eigenvalue weighted by Crippen LogP contribution is -2.21. The zero-order valence-corrected chi connectivity index (χ0v) is 15.1. The van der Waals surface area contributed by atoms with E-state index >= 15 is 0 Å². The van der Waals surface area contributed by atoms with Gasteiger partial charge < -0.3 is 4.90 Å². The molecule has 0 aliphatic rings. The molecular formula is C15H15Br2NOS. The zero-order chi connectivity index (χ0) is 14.5. The molecule has 20 heavy (non-hydrogen) atoms. The molecule has 0 unspecified atom stereocenters. The predicted octanol–water partition coefficient (Wildman–Crippen LogP) is 4.98. The number of hydrogen-bond acceptors (Lipinski definition) is 3. The molecule has 0 aliphatic heterocycles. The summed E-state index contributed by atoms with van der Waals surface area (Å²) in [6.45, 7) is 1.62. The van der Waals surface area contributed by atoms with E-state index in [1.165, 1.54) is 5.56 Å². The normalized spacial score (nSPS) is 11.0. The minimum absolute atomic E-state index is 0.177. The Labute approximate surface area is 140 Å². The number of ketones is 1. The van der Waals surface area contributed by atoms with Gasteiger partial charge in [0.15, 0.2) is 5.78 Å². The van der Waals surface area contributed by atoms with E-state index in [0.29, 0.717) is 6.42 Å². The van der Waals surface area contributed by atoms with Crippen LogP contribution in [0.1, 0.15) is 22.3 Å². The number of Topliss-reactive ketones (excluding diaryl/α,β-unsaturated/α-hetero) is 1. The van der Waals surface area contributed by atoms with E-state index in [4.69, 9.17) is 0 Å². The summed E-state index contributed by atoms with van der Waals surface area (Å²) in [5.74, 6) is 0.177. The minimum Gasteiger partial charge on any atom is -0.302 e. The van der Waals surface area contributed by atoms with Gasteiger partial charge in [-0.25, -0.2) is 0 Å². The minimum atomic E-state index is 0.177. The van der Waals surface area contributed by atoms with Crippen molar-refractivity contribution in [2.75, 3.05) is 13.6 Å². The zero-order valence-electron chi connectivity index (χ0n) is 11.1. The van der Waals surface area contributed by atoms with Crippen LogP contribution in [-0.2, 0) is 6.54 Å². The molecule has 1 aromatic heterocycles. The Hall–Kier alpha value is -0.490. The second-order valence-corrected chi connectivity index (χ2v) is 7.79. The molecule has 0 bridgehead atoms. The van der Waals surface area contributed by atoms with Crippen molar-refractivity contribution < 1.29 is 4.79 Å². The number of thiophene rings is 1. The van der Waals surface area contributed by atoms with Crippen LogP contribution in [-0.4, -0.2) is 24.3 Å². The molecule has 1 aromatic carbocycles. The predicted molar refractivity (Wildman–Crippen MR) is 91.4 cm³/mol. The molecule has 0 spiro atoms. The Bertz CT molecular complexity index is 597. The van der Waals surface area contributed by atoms with Crippen molar-refractivity contribution in [1.82, 2.24) is 4.90 Å². The Morgan fingerprint density at radius 2 is 2.05 bits per heavy atom. The van der Waals surface area contributed by atoms with Crippen LogP contribution >= 0.6 is 43.2 Å². The van der Waals surface area contributed by atoms with Crippen LogP contribution in [0.3, 0.4) is 0 Å². The molecular weight excluding hydrogens is 402 g/mol. The largest absolute Gasteiger partial charge is 0.302 e. The summed E-state index contributed by atoms with van der Waals surface area (Å²) < 4.78 is 2.01. The van der Waals surface area contributed by atoms with Crippen molar-refractivity contribution in [3.63, 3.8) is 0 Å². The molecule has 0 aliphatic carbocycles. The first-order valence-electron chi connectivity index (χ1n) is 6.25. The smallest absolute Gasteiger partial charge is 0.165 e. The quantitative estimate of drug-likeness (QED) is 0.619. The summed E-state index contributed by atoms with van der Waals surface area (Å²) in [5, 5.41) is 2.14. The van der Waals surface area contributed by atoms with Gasteiger partial charge >= 0.3 is 0 Å². The number of carbonyl (C=O) groups is 1. The summed E-state index contributed by atoms with van der Waals surface area (Å²) >= 11 is 8.57. The van der Waals surface area contributed by atoms with Crippen molar-refractivity contribution in [2.45, 2.75) is 13.0 Å². The van der Waals surface area contributed by atoms with Crippen LogP contribution in [0.15, 0.2) is 44.0 Å². The van der Waals surface area contributed by atoms with Gasteiger partial charge in [0.2, 0.25) is 0 Å². The highest BCUT2D eigenvalue weighted by Gasteiger charge is 2.11. The summed E-state index contributed by atoms with van der Waals surface area (Å²) in [5.41, 5.74) is 2.04. The number of nitrogens with zero attached hydrogens (tertiary/aromatic N) is 1. The van der Waals surface area contributed by atoms with Crippen LogP contribution < -0.4 is 0 Å². The molecule has 0 amide bonds. The van der Waals surface area contributed by atoms with Gasteiger partial charge in [-0.2, -0.15) is 0 Å². The molecule has 0 saturated heterocycles. The number of benzene rings is 1. The average molecular weight is 417 g/mol. The fraction of sp³-hybridized carbons (Fsp3) is 0.267. The fourth-order valence-corrected chi connectivity index (χ4v) is 3.64. The third kappa shape index (κ3) is 4.52. The Morgan fingerprint density at radius 1 is 1.30 bits per heavy atom. The van der Waals surface area contributed by atoms with Gasteiger partial charge in [0.25, 0.3) is 0 Å². The van der Waals surface area contributed by atoms with Crippen LogP contribution in [0.25, 0.3) is 0 Å². The van der Waals surface area contributed by atoms with Crippen LogP contribution in [0.2, 0.25) is 0 Å². The Morgan fingerprint density at radius 3 is 2.70 bits per heavy atom. The Balaban J connectivity index is 1.85. The van der Waals surface area contributed by atoms with Crippen molar-refractivity contribution in [2.24, 2.45) is 0 Å². The molecule has 0 atom stereocenters. The van der Waals surface area contributed by atoms with Crippen molar-refractivity contribution in [3.8, 4) is 0 Å². The molecule has 5 heteroatoms. The fourth-order valence-electron chi connectivity index (χ4n) is 1.93. The summed E-state index contributed by atoms with van der Waals surface area (Å²) in [4.78, 5) is 14.3. The standard InChI is InChI=1S/C15H15Br2NOS/c1-18(9-11-8-15(17)20-10-11)7-6-14(19)12-4-2-3-5-13(12)16/h2-5,8,10H,6-7,9H2,1H3. The lowest BCUT2D eigenvalue weighted by Gasteiger charge is -2.15. The van der Waals surface area contributed by atoms with E-state index in [9.17, 15) is 4.79 Å². The van der Waals surface area contributed by atoms with E-state index < -0.39 is 0 Å². The monoisotopic (exact) mass is 415 g/mol. The summed E-state index contributed by atoms with van der Waals surface area (Å²) in [7, 11) is 2.04. The number of rotatable bonds is 6. The van der Waals surface area contributed by atoms with Gasteiger partial charge in [-0.3, -0.25) is 4.79 Å². The van der Waals surface area contributed by atoms with Crippen molar-refractivity contribution >= 4 is 49.0 Å². The lowest BCUT2D eigenvalue weighted by molar-refractivity contribution is 0.0967. The van der Waals surface area contributed by atoms with Crippen LogP contribution in [0.5, 0.6) is 0 Å². The highest BCUT2D eigenvalue weighted by atomic mass is 79.9. The van der Waals surface area contributed by atoms with Crippen LogP contribution in [0, 0.1) is 0 Å². The number of carbonyl (C=O) groups excluding carboxylic acids is 1. The van der Waals surface area contributed by atoms with Gasteiger partial charge in [-0.1, -0.05) is 34.1 Å². The summed E-state index contributed by atoms with van der Waals surface area (Å²) in [6.07, 6.45) is 0.532. The highest BCUT2D eigenvalue weighted by molar-refractivity contribution is 9.11. The molecule has 2 nitrogen and oxygen atoms in total. The molecule has 2 aromatic rings. The molecule has 0 N–H and O–H groups in total. The van der Waals surface area contributed by atoms with Gasteiger partial charge in [0, 0.05) is 29.5 Å². The maximum atomic E-state index is 12.2. The second-order valence-electron chi connectivity index (χ2n) is 4.65. The third-order valence-corrected chi connectivity index (χ3v) is 5.21.